The maximum absolute atomic E-state index is 11.7. The molecule has 1 rings (SSSR count). The fraction of sp³-hybridized carbons (Fsp3) is 0.500. The summed E-state index contributed by atoms with van der Waals surface area (Å²) in [6.07, 6.45) is 0. The van der Waals surface area contributed by atoms with E-state index in [0.29, 0.717) is 11.6 Å². The summed E-state index contributed by atoms with van der Waals surface area (Å²) in [5, 5.41) is 3.78. The van der Waals surface area contributed by atoms with Gasteiger partial charge in [0.15, 0.2) is 0 Å². The summed E-state index contributed by atoms with van der Waals surface area (Å²) in [6, 6.07) is 4.80. The molecule has 0 spiro atoms. The predicted molar refractivity (Wildman–Crippen MR) is 86.9 cm³/mol. The first-order valence-corrected chi connectivity index (χ1v) is 7.86. The third-order valence-electron chi connectivity index (χ3n) is 3.22. The van der Waals surface area contributed by atoms with Gasteiger partial charge in [-0.15, -0.1) is 0 Å². The molecule has 0 saturated heterocycles. The van der Waals surface area contributed by atoms with E-state index in [1.54, 1.807) is 12.1 Å². The minimum absolute atomic E-state index is 0.410. The van der Waals surface area contributed by atoms with Crippen molar-refractivity contribution in [2.75, 3.05) is 26.2 Å². The molecule has 3 N–H and O–H groups in total. The smallest absolute Gasteiger partial charge is 0.239 e. The van der Waals surface area contributed by atoms with Crippen LogP contribution in [0, 0.1) is 0 Å². The molecule has 0 aromatic heterocycles. The minimum Gasteiger partial charge on any atom is -0.368 e. The number of nitrogens with zero attached hydrogens (tertiary/aromatic N) is 1. The van der Waals surface area contributed by atoms with E-state index in [1.165, 1.54) is 0 Å². The normalized spacial score (nSPS) is 12.7. The molecule has 4 nitrogen and oxygen atoms in total. The van der Waals surface area contributed by atoms with E-state index in [0.717, 1.165) is 29.7 Å². The molecule has 1 aromatic rings. The number of amides is 1. The van der Waals surface area contributed by atoms with Crippen LogP contribution < -0.4 is 11.1 Å². The third kappa shape index (κ3) is 5.05. The van der Waals surface area contributed by atoms with Gasteiger partial charge in [0.05, 0.1) is 0 Å². The first-order valence-electron chi connectivity index (χ1n) is 6.69. The van der Waals surface area contributed by atoms with Gasteiger partial charge in [0.1, 0.15) is 6.04 Å². The molecule has 0 bridgehead atoms. The van der Waals surface area contributed by atoms with Crippen molar-refractivity contribution < 1.29 is 4.79 Å². The molecule has 0 aliphatic rings. The number of rotatable bonds is 8. The first kappa shape index (κ1) is 17.4. The van der Waals surface area contributed by atoms with Gasteiger partial charge in [0.25, 0.3) is 0 Å². The van der Waals surface area contributed by atoms with Gasteiger partial charge in [0.2, 0.25) is 5.91 Å². The van der Waals surface area contributed by atoms with Gasteiger partial charge in [-0.3, -0.25) is 4.79 Å². The summed E-state index contributed by atoms with van der Waals surface area (Å²) in [5.41, 5.74) is 6.26. The molecule has 0 saturated carbocycles. The quantitative estimate of drug-likeness (QED) is 0.747. The molecule has 20 heavy (non-hydrogen) atoms. The van der Waals surface area contributed by atoms with Crippen LogP contribution in [0.4, 0.5) is 0 Å². The molecular formula is C14H21BrClN3O. The zero-order chi connectivity index (χ0) is 15.1. The Labute approximate surface area is 133 Å². The maximum Gasteiger partial charge on any atom is 0.239 e. The number of hydrogen-bond acceptors (Lipinski definition) is 3. The summed E-state index contributed by atoms with van der Waals surface area (Å²) >= 11 is 9.42. The van der Waals surface area contributed by atoms with Crippen molar-refractivity contribution in [3.05, 3.63) is 33.3 Å². The van der Waals surface area contributed by atoms with Crippen LogP contribution >= 0.6 is 27.5 Å². The average Bonchev–Trinajstić information content (AvgIpc) is 2.42. The molecule has 0 heterocycles. The highest BCUT2D eigenvalue weighted by Gasteiger charge is 2.20. The highest BCUT2D eigenvalue weighted by atomic mass is 79.9. The zero-order valence-electron chi connectivity index (χ0n) is 11.8. The topological polar surface area (TPSA) is 58.4 Å². The lowest BCUT2D eigenvalue weighted by Crippen LogP contribution is -2.39. The van der Waals surface area contributed by atoms with Gasteiger partial charge in [-0.05, 0) is 36.9 Å². The lowest BCUT2D eigenvalue weighted by atomic mass is 10.1. The van der Waals surface area contributed by atoms with Crippen LogP contribution in [0.3, 0.4) is 0 Å². The molecule has 1 atom stereocenters. The van der Waals surface area contributed by atoms with E-state index >= 15 is 0 Å². The Balaban J connectivity index is 2.75. The van der Waals surface area contributed by atoms with Crippen LogP contribution in [0.2, 0.25) is 5.02 Å². The van der Waals surface area contributed by atoms with Gasteiger partial charge in [0, 0.05) is 22.6 Å². The number of nitrogens with two attached hydrogens (primary N) is 1. The number of carbonyl (C=O) groups is 1. The highest BCUT2D eigenvalue weighted by molar-refractivity contribution is 9.10. The van der Waals surface area contributed by atoms with E-state index in [-0.39, 0.29) is 0 Å². The second kappa shape index (κ2) is 8.62. The Hall–Kier alpha value is -0.620. The molecule has 6 heteroatoms. The van der Waals surface area contributed by atoms with Crippen molar-refractivity contribution in [3.8, 4) is 0 Å². The molecule has 0 radical (unpaired) electrons. The largest absolute Gasteiger partial charge is 0.368 e. The van der Waals surface area contributed by atoms with Crippen molar-refractivity contribution in [2.45, 2.75) is 19.9 Å². The number of likely N-dealkylation sites (N-methyl/N-ethyl adjacent to an activating group) is 1. The van der Waals surface area contributed by atoms with E-state index in [1.807, 2.05) is 6.07 Å². The van der Waals surface area contributed by atoms with Crippen molar-refractivity contribution in [3.63, 3.8) is 0 Å². The molecule has 1 amide bonds. The van der Waals surface area contributed by atoms with Gasteiger partial charge in [-0.1, -0.05) is 41.4 Å². The summed E-state index contributed by atoms with van der Waals surface area (Å²) < 4.78 is 0.820. The van der Waals surface area contributed by atoms with E-state index < -0.39 is 11.9 Å². The Morgan fingerprint density at radius 1 is 1.45 bits per heavy atom. The molecule has 1 unspecified atom stereocenters. The maximum atomic E-state index is 11.7. The number of nitrogens with one attached hydrogen (secondary N) is 1. The van der Waals surface area contributed by atoms with Gasteiger partial charge in [-0.2, -0.15) is 0 Å². The van der Waals surface area contributed by atoms with Gasteiger partial charge < -0.3 is 16.0 Å². The SMILES string of the molecule is CCN(CC)CCNC(C(N)=O)c1cc(Cl)ccc1Br. The van der Waals surface area contributed by atoms with Crippen LogP contribution in [0.15, 0.2) is 22.7 Å². The molecule has 0 aliphatic heterocycles. The van der Waals surface area contributed by atoms with Crippen LogP contribution in [-0.2, 0) is 4.79 Å². The van der Waals surface area contributed by atoms with Crippen molar-refractivity contribution in [1.29, 1.82) is 0 Å². The van der Waals surface area contributed by atoms with Gasteiger partial charge >= 0.3 is 0 Å². The molecule has 0 fully saturated rings. The summed E-state index contributed by atoms with van der Waals surface area (Å²) in [5.74, 6) is -0.410. The molecule has 112 valence electrons. The Morgan fingerprint density at radius 2 is 2.10 bits per heavy atom. The zero-order valence-corrected chi connectivity index (χ0v) is 14.2. The fourth-order valence-electron chi connectivity index (χ4n) is 2.01. The van der Waals surface area contributed by atoms with E-state index in [2.05, 4.69) is 40.0 Å². The third-order valence-corrected chi connectivity index (χ3v) is 4.18. The predicted octanol–water partition coefficient (Wildman–Crippen LogP) is 2.56. The van der Waals surface area contributed by atoms with E-state index in [9.17, 15) is 4.79 Å². The second-order valence-corrected chi connectivity index (χ2v) is 5.77. The number of hydrogen-bond donors (Lipinski definition) is 2. The highest BCUT2D eigenvalue weighted by Crippen LogP contribution is 2.26. The molecule has 1 aromatic carbocycles. The Bertz CT molecular complexity index is 452. The average molecular weight is 363 g/mol. The Morgan fingerprint density at radius 3 is 2.65 bits per heavy atom. The van der Waals surface area contributed by atoms with Crippen LogP contribution in [0.5, 0.6) is 0 Å². The van der Waals surface area contributed by atoms with Crippen molar-refractivity contribution >= 4 is 33.4 Å². The lowest BCUT2D eigenvalue weighted by Gasteiger charge is -2.21. The monoisotopic (exact) mass is 361 g/mol. The summed E-state index contributed by atoms with van der Waals surface area (Å²) in [7, 11) is 0. The van der Waals surface area contributed by atoms with Gasteiger partial charge in [-0.25, -0.2) is 0 Å². The summed E-state index contributed by atoms with van der Waals surface area (Å²) in [6.45, 7) is 7.76. The van der Waals surface area contributed by atoms with Crippen LogP contribution in [-0.4, -0.2) is 37.0 Å². The molecule has 0 aliphatic carbocycles. The second-order valence-electron chi connectivity index (χ2n) is 4.48. The number of primary amides is 1. The fourth-order valence-corrected chi connectivity index (χ4v) is 2.66. The summed E-state index contributed by atoms with van der Waals surface area (Å²) in [4.78, 5) is 13.9. The van der Waals surface area contributed by atoms with Crippen molar-refractivity contribution in [1.82, 2.24) is 10.2 Å². The lowest BCUT2D eigenvalue weighted by molar-refractivity contribution is -0.120. The molecular weight excluding hydrogens is 342 g/mol. The minimum atomic E-state index is -0.543. The Kier molecular flexibility index (Phi) is 7.51. The number of carbonyl (C=O) groups excluding carboxylic acids is 1. The standard InChI is InChI=1S/C14H21BrClN3O/c1-3-19(4-2)8-7-18-13(14(17)20)11-9-10(16)5-6-12(11)15/h5-6,9,13,18H,3-4,7-8H2,1-2H3,(H2,17,20). The van der Waals surface area contributed by atoms with Crippen LogP contribution in [0.1, 0.15) is 25.5 Å². The number of halogens is 2. The van der Waals surface area contributed by atoms with Crippen LogP contribution in [0.25, 0.3) is 0 Å². The van der Waals surface area contributed by atoms with E-state index in [4.69, 9.17) is 17.3 Å². The number of benzene rings is 1. The first-order chi connectivity index (χ1) is 9.49. The van der Waals surface area contributed by atoms with Crippen molar-refractivity contribution in [2.24, 2.45) is 5.73 Å².